The van der Waals surface area contributed by atoms with Crippen LogP contribution in [0.3, 0.4) is 0 Å². The fraction of sp³-hybridized carbons (Fsp3) is 0.385. The van der Waals surface area contributed by atoms with E-state index in [1.54, 1.807) is 10.6 Å². The normalized spacial score (nSPS) is 16.9. The van der Waals surface area contributed by atoms with Gasteiger partial charge >= 0.3 is 5.76 Å². The maximum atomic E-state index is 11.9. The molecule has 0 unspecified atom stereocenters. The van der Waals surface area contributed by atoms with E-state index in [4.69, 9.17) is 22.4 Å². The molecule has 0 spiro atoms. The summed E-state index contributed by atoms with van der Waals surface area (Å²) >= 11 is 4.97. The zero-order chi connectivity index (χ0) is 12.8. The van der Waals surface area contributed by atoms with Gasteiger partial charge in [-0.05, 0) is 30.4 Å². The van der Waals surface area contributed by atoms with Crippen molar-refractivity contribution in [2.24, 2.45) is 11.1 Å². The van der Waals surface area contributed by atoms with Crippen LogP contribution in [0.25, 0.3) is 11.1 Å². The standard InChI is InChI=1S/C13H14N2O2S/c14-11(18)7-13(5-6-13)8-15-9-3-1-2-4-10(9)17-12(15)16/h1-4H,5-8H2,(H2,14,18). The maximum absolute atomic E-state index is 11.9. The molecule has 0 aliphatic heterocycles. The van der Waals surface area contributed by atoms with Crippen LogP contribution in [-0.4, -0.2) is 9.56 Å². The lowest BCUT2D eigenvalue weighted by molar-refractivity contribution is 0.408. The summed E-state index contributed by atoms with van der Waals surface area (Å²) in [7, 11) is 0. The number of nitrogens with two attached hydrogens (primary N) is 1. The van der Waals surface area contributed by atoms with Gasteiger partial charge in [0.2, 0.25) is 0 Å². The molecule has 1 aromatic heterocycles. The molecule has 5 heteroatoms. The Morgan fingerprint density at radius 1 is 1.44 bits per heavy atom. The highest BCUT2D eigenvalue weighted by molar-refractivity contribution is 7.80. The molecule has 1 saturated carbocycles. The predicted molar refractivity (Wildman–Crippen MR) is 73.5 cm³/mol. The predicted octanol–water partition coefficient (Wildman–Crippen LogP) is 2.05. The van der Waals surface area contributed by atoms with Gasteiger partial charge in [0.15, 0.2) is 5.58 Å². The Hall–Kier alpha value is -1.62. The highest BCUT2D eigenvalue weighted by Crippen LogP contribution is 2.50. The van der Waals surface area contributed by atoms with Crippen LogP contribution < -0.4 is 11.5 Å². The lowest BCUT2D eigenvalue weighted by Gasteiger charge is -2.14. The van der Waals surface area contributed by atoms with Crippen LogP contribution in [0.1, 0.15) is 19.3 Å². The monoisotopic (exact) mass is 262 g/mol. The van der Waals surface area contributed by atoms with Crippen molar-refractivity contribution in [3.05, 3.63) is 34.8 Å². The molecule has 2 N–H and O–H groups in total. The molecule has 0 atom stereocenters. The molecule has 1 aliphatic rings. The molecular weight excluding hydrogens is 248 g/mol. The number of aromatic nitrogens is 1. The van der Waals surface area contributed by atoms with Gasteiger partial charge in [0.05, 0.1) is 10.5 Å². The molecule has 1 aromatic carbocycles. The number of hydrogen-bond donors (Lipinski definition) is 1. The SMILES string of the molecule is NC(=S)CC1(Cn2c(=O)oc3ccccc32)CC1. The minimum absolute atomic E-state index is 0.0717. The summed E-state index contributed by atoms with van der Waals surface area (Å²) in [6, 6.07) is 7.47. The van der Waals surface area contributed by atoms with Crippen molar-refractivity contribution in [2.45, 2.75) is 25.8 Å². The molecule has 4 nitrogen and oxygen atoms in total. The van der Waals surface area contributed by atoms with Crippen molar-refractivity contribution < 1.29 is 4.42 Å². The number of benzene rings is 1. The van der Waals surface area contributed by atoms with Crippen LogP contribution >= 0.6 is 12.2 Å². The minimum atomic E-state index is -0.301. The Balaban J connectivity index is 1.98. The average Bonchev–Trinajstić information content (AvgIpc) is 2.98. The van der Waals surface area contributed by atoms with E-state index in [0.717, 1.165) is 18.4 Å². The van der Waals surface area contributed by atoms with Gasteiger partial charge in [-0.3, -0.25) is 4.57 Å². The average molecular weight is 262 g/mol. The van der Waals surface area contributed by atoms with E-state index in [1.807, 2.05) is 18.2 Å². The van der Waals surface area contributed by atoms with E-state index >= 15 is 0 Å². The van der Waals surface area contributed by atoms with E-state index in [0.29, 0.717) is 23.5 Å². The number of fused-ring (bicyclic) bond motifs is 1. The summed E-state index contributed by atoms with van der Waals surface area (Å²) < 4.78 is 6.92. The molecular formula is C13H14N2O2S. The van der Waals surface area contributed by atoms with E-state index in [9.17, 15) is 4.79 Å². The lowest BCUT2D eigenvalue weighted by atomic mass is 10.0. The van der Waals surface area contributed by atoms with Crippen LogP contribution in [0.4, 0.5) is 0 Å². The topological polar surface area (TPSA) is 61.2 Å². The molecule has 0 saturated heterocycles. The number of thiocarbonyl (C=S) groups is 1. The van der Waals surface area contributed by atoms with Crippen molar-refractivity contribution in [1.82, 2.24) is 4.57 Å². The van der Waals surface area contributed by atoms with Crippen LogP contribution in [0, 0.1) is 5.41 Å². The molecule has 94 valence electrons. The van der Waals surface area contributed by atoms with Crippen LogP contribution in [0.2, 0.25) is 0 Å². The Morgan fingerprint density at radius 3 is 2.83 bits per heavy atom. The third kappa shape index (κ3) is 1.95. The van der Waals surface area contributed by atoms with Gasteiger partial charge in [0.25, 0.3) is 0 Å². The molecule has 0 radical (unpaired) electrons. The Labute approximate surface area is 109 Å². The Kier molecular flexibility index (Phi) is 2.52. The zero-order valence-electron chi connectivity index (χ0n) is 9.89. The van der Waals surface area contributed by atoms with Gasteiger partial charge in [0, 0.05) is 13.0 Å². The fourth-order valence-electron chi connectivity index (χ4n) is 2.44. The quantitative estimate of drug-likeness (QED) is 0.857. The van der Waals surface area contributed by atoms with Crippen molar-refractivity contribution in [3.63, 3.8) is 0 Å². The van der Waals surface area contributed by atoms with Crippen molar-refractivity contribution >= 4 is 28.3 Å². The minimum Gasteiger partial charge on any atom is -0.408 e. The third-order valence-electron chi connectivity index (χ3n) is 3.57. The second-order valence-electron chi connectivity index (χ2n) is 5.06. The number of nitrogens with zero attached hydrogens (tertiary/aromatic N) is 1. The summed E-state index contributed by atoms with van der Waals surface area (Å²) in [5.74, 6) is -0.301. The zero-order valence-corrected chi connectivity index (χ0v) is 10.7. The largest absolute Gasteiger partial charge is 0.419 e. The van der Waals surface area contributed by atoms with Gasteiger partial charge < -0.3 is 10.2 Å². The van der Waals surface area contributed by atoms with Gasteiger partial charge in [-0.2, -0.15) is 0 Å². The molecule has 3 rings (SSSR count). The fourth-order valence-corrected chi connectivity index (χ4v) is 2.74. The van der Waals surface area contributed by atoms with E-state index in [2.05, 4.69) is 0 Å². The van der Waals surface area contributed by atoms with E-state index in [-0.39, 0.29) is 11.2 Å². The summed E-state index contributed by atoms with van der Waals surface area (Å²) in [4.78, 5) is 12.4. The molecule has 18 heavy (non-hydrogen) atoms. The van der Waals surface area contributed by atoms with Gasteiger partial charge in [-0.1, -0.05) is 24.4 Å². The number of oxazole rings is 1. The van der Waals surface area contributed by atoms with Crippen LogP contribution in [0.5, 0.6) is 0 Å². The van der Waals surface area contributed by atoms with E-state index < -0.39 is 0 Å². The Morgan fingerprint density at radius 2 is 2.17 bits per heavy atom. The van der Waals surface area contributed by atoms with Gasteiger partial charge in [-0.15, -0.1) is 0 Å². The highest BCUT2D eigenvalue weighted by atomic mass is 32.1. The molecule has 1 fully saturated rings. The van der Waals surface area contributed by atoms with Crippen LogP contribution in [0.15, 0.2) is 33.5 Å². The third-order valence-corrected chi connectivity index (χ3v) is 3.72. The first-order valence-electron chi connectivity index (χ1n) is 5.96. The second kappa shape index (κ2) is 3.95. The number of para-hydroxylation sites is 2. The molecule has 2 aromatic rings. The first kappa shape index (κ1) is 11.5. The molecule has 1 aliphatic carbocycles. The van der Waals surface area contributed by atoms with Gasteiger partial charge in [0.1, 0.15) is 0 Å². The first-order valence-corrected chi connectivity index (χ1v) is 6.37. The van der Waals surface area contributed by atoms with Crippen LogP contribution in [-0.2, 0) is 6.54 Å². The summed E-state index contributed by atoms with van der Waals surface area (Å²) in [6.07, 6.45) is 2.83. The van der Waals surface area contributed by atoms with E-state index in [1.165, 1.54) is 0 Å². The lowest BCUT2D eigenvalue weighted by Crippen LogP contribution is -2.24. The summed E-state index contributed by atoms with van der Waals surface area (Å²) in [6.45, 7) is 0.639. The summed E-state index contributed by atoms with van der Waals surface area (Å²) in [5.41, 5.74) is 7.17. The molecule has 1 heterocycles. The maximum Gasteiger partial charge on any atom is 0.419 e. The summed E-state index contributed by atoms with van der Waals surface area (Å²) in [5, 5.41) is 0. The van der Waals surface area contributed by atoms with Crippen molar-refractivity contribution in [3.8, 4) is 0 Å². The number of hydrogen-bond acceptors (Lipinski definition) is 3. The number of rotatable bonds is 4. The van der Waals surface area contributed by atoms with Crippen molar-refractivity contribution in [2.75, 3.05) is 0 Å². The first-order chi connectivity index (χ1) is 8.60. The van der Waals surface area contributed by atoms with Gasteiger partial charge in [-0.25, -0.2) is 4.79 Å². The molecule has 0 amide bonds. The molecule has 0 bridgehead atoms. The van der Waals surface area contributed by atoms with Crippen molar-refractivity contribution in [1.29, 1.82) is 0 Å². The Bertz CT molecular complexity index is 667. The highest BCUT2D eigenvalue weighted by Gasteiger charge is 2.44. The smallest absolute Gasteiger partial charge is 0.408 e. The second-order valence-corrected chi connectivity index (χ2v) is 5.59.